The second kappa shape index (κ2) is 5.48. The van der Waals surface area contributed by atoms with Gasteiger partial charge >= 0.3 is 6.18 Å². The molecule has 2 aromatic rings. The van der Waals surface area contributed by atoms with E-state index in [1.165, 1.54) is 18.3 Å². The van der Waals surface area contributed by atoms with E-state index in [9.17, 15) is 21.6 Å². The van der Waals surface area contributed by atoms with Gasteiger partial charge in [0.25, 0.3) is 10.0 Å². The molecule has 3 heterocycles. The zero-order valence-corrected chi connectivity index (χ0v) is 14.1. The Kier molecular flexibility index (Phi) is 3.61. The molecule has 4 rings (SSSR count). The molecule has 0 N–H and O–H groups in total. The Morgan fingerprint density at radius 3 is 2.60 bits per heavy atom. The minimum Gasteiger partial charge on any atom is -0.318 e. The van der Waals surface area contributed by atoms with Gasteiger partial charge in [0.1, 0.15) is 5.82 Å². The van der Waals surface area contributed by atoms with Gasteiger partial charge in [0.15, 0.2) is 5.03 Å². The summed E-state index contributed by atoms with van der Waals surface area (Å²) in [5.74, 6) is 0.708. The van der Waals surface area contributed by atoms with Gasteiger partial charge in [-0.1, -0.05) is 6.07 Å². The van der Waals surface area contributed by atoms with Crippen molar-refractivity contribution < 1.29 is 21.6 Å². The number of halogens is 3. The third kappa shape index (κ3) is 2.52. The molecule has 0 saturated carbocycles. The Hall–Kier alpha value is -2.03. The van der Waals surface area contributed by atoms with Crippen LogP contribution in [0.15, 0.2) is 29.4 Å². The Balaban J connectivity index is 1.84. The normalized spacial score (nSPS) is 17.5. The third-order valence-corrected chi connectivity index (χ3v) is 6.57. The molecule has 0 radical (unpaired) electrons. The SMILES string of the molecule is O=S(=O)(c1cnc2n1CCC2)N1CCCc2c1cccc2C(F)(F)F. The lowest BCUT2D eigenvalue weighted by Crippen LogP contribution is -2.37. The van der Waals surface area contributed by atoms with Crippen LogP contribution in [0.25, 0.3) is 0 Å². The van der Waals surface area contributed by atoms with Crippen LogP contribution in [0.2, 0.25) is 0 Å². The number of rotatable bonds is 2. The summed E-state index contributed by atoms with van der Waals surface area (Å²) in [5.41, 5.74) is -0.593. The van der Waals surface area contributed by atoms with Crippen molar-refractivity contribution in [1.29, 1.82) is 0 Å². The first-order valence-corrected chi connectivity index (χ1v) is 9.50. The average molecular weight is 371 g/mol. The molecule has 25 heavy (non-hydrogen) atoms. The van der Waals surface area contributed by atoms with Crippen molar-refractivity contribution in [2.45, 2.75) is 43.4 Å². The molecule has 0 spiro atoms. The number of aryl methyl sites for hydroxylation is 1. The van der Waals surface area contributed by atoms with Gasteiger partial charge in [-0.15, -0.1) is 0 Å². The Labute approximate surface area is 143 Å². The summed E-state index contributed by atoms with van der Waals surface area (Å²) in [6, 6.07) is 3.71. The van der Waals surface area contributed by atoms with Crippen LogP contribution in [0, 0.1) is 0 Å². The largest absolute Gasteiger partial charge is 0.416 e. The molecular formula is C16H16F3N3O2S. The Bertz CT molecular complexity index is 935. The first-order chi connectivity index (χ1) is 11.8. The van der Waals surface area contributed by atoms with E-state index in [2.05, 4.69) is 4.98 Å². The van der Waals surface area contributed by atoms with Crippen molar-refractivity contribution in [2.24, 2.45) is 0 Å². The minimum absolute atomic E-state index is 0.0472. The maximum Gasteiger partial charge on any atom is 0.416 e. The van der Waals surface area contributed by atoms with Crippen LogP contribution in [-0.2, 0) is 35.6 Å². The van der Waals surface area contributed by atoms with E-state index < -0.39 is 21.8 Å². The fourth-order valence-corrected chi connectivity index (χ4v) is 5.34. The zero-order chi connectivity index (χ0) is 17.8. The van der Waals surface area contributed by atoms with Crippen LogP contribution in [0.4, 0.5) is 18.9 Å². The van der Waals surface area contributed by atoms with Crippen molar-refractivity contribution in [1.82, 2.24) is 9.55 Å². The predicted molar refractivity (Wildman–Crippen MR) is 84.8 cm³/mol. The number of aromatic nitrogens is 2. The third-order valence-electron chi connectivity index (χ3n) is 4.75. The maximum atomic E-state index is 13.3. The van der Waals surface area contributed by atoms with Crippen molar-refractivity contribution in [3.05, 3.63) is 41.3 Å². The summed E-state index contributed by atoms with van der Waals surface area (Å²) in [6.45, 7) is 0.727. The van der Waals surface area contributed by atoms with Crippen molar-refractivity contribution in [3.63, 3.8) is 0 Å². The molecule has 2 aliphatic rings. The highest BCUT2D eigenvalue weighted by Gasteiger charge is 2.39. The number of hydrogen-bond acceptors (Lipinski definition) is 3. The highest BCUT2D eigenvalue weighted by Crippen LogP contribution is 2.40. The van der Waals surface area contributed by atoms with Gasteiger partial charge in [-0.05, 0) is 37.0 Å². The molecule has 9 heteroatoms. The lowest BCUT2D eigenvalue weighted by Gasteiger charge is -2.32. The van der Waals surface area contributed by atoms with Gasteiger partial charge in [-0.2, -0.15) is 21.6 Å². The Morgan fingerprint density at radius 2 is 1.84 bits per heavy atom. The number of imidazole rings is 1. The smallest absolute Gasteiger partial charge is 0.318 e. The van der Waals surface area contributed by atoms with Crippen LogP contribution in [0.3, 0.4) is 0 Å². The van der Waals surface area contributed by atoms with Crippen LogP contribution in [0.1, 0.15) is 29.8 Å². The summed E-state index contributed by atoms with van der Waals surface area (Å²) in [6.07, 6.45) is -1.10. The molecule has 0 aliphatic carbocycles. The standard InChI is InChI=1S/C16H16F3N3O2S/c17-16(18,19)12-5-1-6-13-11(12)4-2-9-22(13)25(23,24)15-10-20-14-7-3-8-21(14)15/h1,5-6,10H,2-4,7-9H2. The highest BCUT2D eigenvalue weighted by atomic mass is 32.2. The average Bonchev–Trinajstić information content (AvgIpc) is 3.15. The molecule has 1 aromatic heterocycles. The van der Waals surface area contributed by atoms with E-state index in [0.29, 0.717) is 25.2 Å². The number of fused-ring (bicyclic) bond motifs is 2. The van der Waals surface area contributed by atoms with Gasteiger partial charge in [0, 0.05) is 19.5 Å². The van der Waals surface area contributed by atoms with Gasteiger partial charge in [0.05, 0.1) is 17.4 Å². The zero-order valence-electron chi connectivity index (χ0n) is 13.3. The second-order valence-electron chi connectivity index (χ2n) is 6.25. The number of hydrogen-bond donors (Lipinski definition) is 0. The fourth-order valence-electron chi connectivity index (χ4n) is 3.66. The first-order valence-electron chi connectivity index (χ1n) is 8.06. The van der Waals surface area contributed by atoms with Crippen LogP contribution in [0.5, 0.6) is 0 Å². The van der Waals surface area contributed by atoms with Crippen molar-refractivity contribution in [2.75, 3.05) is 10.8 Å². The van der Waals surface area contributed by atoms with E-state index >= 15 is 0 Å². The number of alkyl halides is 3. The van der Waals surface area contributed by atoms with Crippen LogP contribution < -0.4 is 4.31 Å². The highest BCUT2D eigenvalue weighted by molar-refractivity contribution is 7.92. The summed E-state index contributed by atoms with van der Waals surface area (Å²) in [4.78, 5) is 4.15. The Morgan fingerprint density at radius 1 is 1.08 bits per heavy atom. The number of nitrogens with zero attached hydrogens (tertiary/aromatic N) is 3. The quantitative estimate of drug-likeness (QED) is 0.816. The number of benzene rings is 1. The van der Waals surface area contributed by atoms with E-state index in [1.54, 1.807) is 4.57 Å². The summed E-state index contributed by atoms with van der Waals surface area (Å²) in [5, 5.41) is 0.0604. The molecule has 0 fully saturated rings. The van der Waals surface area contributed by atoms with E-state index in [1.807, 2.05) is 0 Å². The molecule has 5 nitrogen and oxygen atoms in total. The van der Waals surface area contributed by atoms with E-state index in [4.69, 9.17) is 0 Å². The van der Waals surface area contributed by atoms with Crippen molar-refractivity contribution in [3.8, 4) is 0 Å². The topological polar surface area (TPSA) is 55.2 Å². The number of anilines is 1. The van der Waals surface area contributed by atoms with Gasteiger partial charge in [-0.25, -0.2) is 4.98 Å². The van der Waals surface area contributed by atoms with Gasteiger partial charge < -0.3 is 4.57 Å². The van der Waals surface area contributed by atoms with Crippen molar-refractivity contribution >= 4 is 15.7 Å². The molecule has 1 aromatic carbocycles. The minimum atomic E-state index is -4.50. The lowest BCUT2D eigenvalue weighted by molar-refractivity contribution is -0.138. The second-order valence-corrected chi connectivity index (χ2v) is 8.06. The monoisotopic (exact) mass is 371 g/mol. The molecule has 0 bridgehead atoms. The summed E-state index contributed by atoms with van der Waals surface area (Å²) in [7, 11) is -3.95. The fraction of sp³-hybridized carbons (Fsp3) is 0.438. The van der Waals surface area contributed by atoms with E-state index in [0.717, 1.165) is 16.8 Å². The maximum absolute atomic E-state index is 13.3. The van der Waals surface area contributed by atoms with Gasteiger partial charge in [0.2, 0.25) is 0 Å². The molecule has 2 aliphatic heterocycles. The van der Waals surface area contributed by atoms with Crippen LogP contribution >= 0.6 is 0 Å². The van der Waals surface area contributed by atoms with E-state index in [-0.39, 0.29) is 29.2 Å². The molecule has 134 valence electrons. The molecule has 0 amide bonds. The first kappa shape index (κ1) is 16.4. The molecule has 0 atom stereocenters. The lowest BCUT2D eigenvalue weighted by atomic mass is 9.97. The van der Waals surface area contributed by atoms with Crippen LogP contribution in [-0.4, -0.2) is 24.5 Å². The molecule has 0 unspecified atom stereocenters. The molecular weight excluding hydrogens is 355 g/mol. The van der Waals surface area contributed by atoms with Gasteiger partial charge in [-0.3, -0.25) is 4.31 Å². The predicted octanol–water partition coefficient (Wildman–Crippen LogP) is 2.99. The summed E-state index contributed by atoms with van der Waals surface area (Å²) >= 11 is 0. The molecule has 0 saturated heterocycles. The number of sulfonamides is 1. The summed E-state index contributed by atoms with van der Waals surface area (Å²) < 4.78 is 68.8.